The van der Waals surface area contributed by atoms with E-state index >= 15 is 0 Å². The van der Waals surface area contributed by atoms with Crippen molar-refractivity contribution in [3.63, 3.8) is 0 Å². The number of aromatic nitrogens is 2. The van der Waals surface area contributed by atoms with E-state index in [1.54, 1.807) is 6.20 Å². The molecule has 1 atom stereocenters. The lowest BCUT2D eigenvalue weighted by Crippen LogP contribution is -2.44. The lowest BCUT2D eigenvalue weighted by Gasteiger charge is -2.31. The van der Waals surface area contributed by atoms with E-state index in [0.29, 0.717) is 13.1 Å². The molecule has 0 bridgehead atoms. The molecule has 1 amide bonds. The third kappa shape index (κ3) is 1.35. The lowest BCUT2D eigenvalue weighted by molar-refractivity contribution is 0.104. The number of amides is 1. The quantitative estimate of drug-likeness (QED) is 0.633. The van der Waals surface area contributed by atoms with Gasteiger partial charge in [-0.3, -0.25) is 9.58 Å². The molecule has 1 aliphatic heterocycles. The highest BCUT2D eigenvalue weighted by atomic mass is 32.1. The van der Waals surface area contributed by atoms with E-state index in [2.05, 4.69) is 17.7 Å². The molecular formula is C8H11N3O2S. The first-order valence-electron chi connectivity index (χ1n) is 4.33. The molecule has 1 aromatic rings. The van der Waals surface area contributed by atoms with Crippen molar-refractivity contribution in [1.82, 2.24) is 14.7 Å². The Morgan fingerprint density at radius 2 is 2.50 bits per heavy atom. The van der Waals surface area contributed by atoms with Gasteiger partial charge in [-0.2, -0.15) is 5.10 Å². The highest BCUT2D eigenvalue weighted by Crippen LogP contribution is 2.22. The zero-order valence-electron chi connectivity index (χ0n) is 7.71. The van der Waals surface area contributed by atoms with Gasteiger partial charge < -0.3 is 5.11 Å². The van der Waals surface area contributed by atoms with Gasteiger partial charge in [0.2, 0.25) is 0 Å². The van der Waals surface area contributed by atoms with Crippen LogP contribution in [0.15, 0.2) is 11.1 Å². The molecule has 14 heavy (non-hydrogen) atoms. The van der Waals surface area contributed by atoms with Crippen molar-refractivity contribution in [3.05, 3.63) is 11.9 Å². The summed E-state index contributed by atoms with van der Waals surface area (Å²) in [4.78, 5) is 13.0. The van der Waals surface area contributed by atoms with Gasteiger partial charge in [0.15, 0.2) is 0 Å². The minimum Gasteiger partial charge on any atom is -0.465 e. The number of thiol groups is 1. The summed E-state index contributed by atoms with van der Waals surface area (Å²) >= 11 is 4.22. The summed E-state index contributed by atoms with van der Waals surface area (Å²) < 4.78 is 1.81. The van der Waals surface area contributed by atoms with Gasteiger partial charge in [-0.15, -0.1) is 12.6 Å². The topological polar surface area (TPSA) is 58.4 Å². The first-order valence-corrected chi connectivity index (χ1v) is 4.77. The fourth-order valence-corrected chi connectivity index (χ4v) is 1.88. The molecular weight excluding hydrogens is 202 g/mol. The zero-order valence-corrected chi connectivity index (χ0v) is 8.61. The second kappa shape index (κ2) is 3.20. The maximum atomic E-state index is 10.9. The normalized spacial score (nSPS) is 20.7. The number of hydrogen-bond acceptors (Lipinski definition) is 3. The SMILES string of the molecule is CC1Cn2ncc(S)c2CN1C(=O)O. The maximum absolute atomic E-state index is 10.9. The molecule has 0 radical (unpaired) electrons. The molecule has 1 aliphatic rings. The monoisotopic (exact) mass is 213 g/mol. The van der Waals surface area contributed by atoms with Gasteiger partial charge in [0, 0.05) is 4.90 Å². The van der Waals surface area contributed by atoms with Crippen LogP contribution in [-0.4, -0.2) is 31.9 Å². The van der Waals surface area contributed by atoms with Gasteiger partial charge in [-0.25, -0.2) is 4.79 Å². The van der Waals surface area contributed by atoms with Crippen LogP contribution in [-0.2, 0) is 13.1 Å². The standard InChI is InChI=1S/C8H11N3O2S/c1-5-3-11-6(7(14)2-9-11)4-10(5)8(12)13/h2,5,14H,3-4H2,1H3,(H,12,13). The molecule has 1 N–H and O–H groups in total. The first-order chi connectivity index (χ1) is 6.59. The molecule has 1 aromatic heterocycles. The second-order valence-corrected chi connectivity index (χ2v) is 3.90. The summed E-state index contributed by atoms with van der Waals surface area (Å²) in [6, 6.07) is -0.0346. The van der Waals surface area contributed by atoms with Crippen LogP contribution in [0, 0.1) is 0 Å². The molecule has 1 unspecified atom stereocenters. The van der Waals surface area contributed by atoms with Crippen LogP contribution in [0.1, 0.15) is 12.6 Å². The Labute approximate surface area is 86.7 Å². The van der Waals surface area contributed by atoms with Gasteiger partial charge in [-0.05, 0) is 6.92 Å². The number of nitrogens with zero attached hydrogens (tertiary/aromatic N) is 3. The molecule has 76 valence electrons. The van der Waals surface area contributed by atoms with Crippen molar-refractivity contribution in [2.24, 2.45) is 0 Å². The summed E-state index contributed by atoms with van der Waals surface area (Å²) in [6.45, 7) is 2.84. The molecule has 0 saturated carbocycles. The third-order valence-corrected chi connectivity index (χ3v) is 2.84. The molecule has 0 aromatic carbocycles. The van der Waals surface area contributed by atoms with E-state index < -0.39 is 6.09 Å². The Morgan fingerprint density at radius 3 is 3.14 bits per heavy atom. The maximum Gasteiger partial charge on any atom is 0.407 e. The van der Waals surface area contributed by atoms with Crippen molar-refractivity contribution in [2.75, 3.05) is 0 Å². The Kier molecular flexibility index (Phi) is 2.14. The van der Waals surface area contributed by atoms with Crippen LogP contribution in [0.4, 0.5) is 4.79 Å². The average Bonchev–Trinajstić information content (AvgIpc) is 2.46. The van der Waals surface area contributed by atoms with E-state index in [-0.39, 0.29) is 6.04 Å². The molecule has 0 saturated heterocycles. The Hall–Kier alpha value is -1.17. The number of fused-ring (bicyclic) bond motifs is 1. The highest BCUT2D eigenvalue weighted by Gasteiger charge is 2.28. The predicted molar refractivity (Wildman–Crippen MR) is 52.5 cm³/mol. The van der Waals surface area contributed by atoms with Gasteiger partial charge in [0.1, 0.15) is 0 Å². The van der Waals surface area contributed by atoms with E-state index in [0.717, 1.165) is 10.6 Å². The summed E-state index contributed by atoms with van der Waals surface area (Å²) in [5.41, 5.74) is 0.869. The summed E-state index contributed by atoms with van der Waals surface area (Å²) in [5, 5.41) is 13.1. The van der Waals surface area contributed by atoms with E-state index in [1.165, 1.54) is 4.90 Å². The number of hydrogen-bond donors (Lipinski definition) is 2. The molecule has 0 aliphatic carbocycles. The Morgan fingerprint density at radius 1 is 1.79 bits per heavy atom. The van der Waals surface area contributed by atoms with Gasteiger partial charge in [-0.1, -0.05) is 0 Å². The molecule has 5 nitrogen and oxygen atoms in total. The first kappa shape index (κ1) is 9.39. The van der Waals surface area contributed by atoms with Gasteiger partial charge in [0.05, 0.1) is 31.0 Å². The van der Waals surface area contributed by atoms with E-state index in [4.69, 9.17) is 5.11 Å². The van der Waals surface area contributed by atoms with Gasteiger partial charge >= 0.3 is 6.09 Å². The van der Waals surface area contributed by atoms with Crippen LogP contribution in [0.5, 0.6) is 0 Å². The van der Waals surface area contributed by atoms with Crippen LogP contribution in [0.3, 0.4) is 0 Å². The summed E-state index contributed by atoms with van der Waals surface area (Å²) in [7, 11) is 0. The van der Waals surface area contributed by atoms with Crippen molar-refractivity contribution < 1.29 is 9.90 Å². The number of rotatable bonds is 0. The molecule has 0 fully saturated rings. The predicted octanol–water partition coefficient (Wildman–Crippen LogP) is 1.05. The molecule has 0 spiro atoms. The molecule has 2 heterocycles. The smallest absolute Gasteiger partial charge is 0.407 e. The summed E-state index contributed by atoms with van der Waals surface area (Å²) in [5.74, 6) is 0. The van der Waals surface area contributed by atoms with E-state index in [1.807, 2.05) is 11.6 Å². The van der Waals surface area contributed by atoms with Crippen LogP contribution < -0.4 is 0 Å². The Balaban J connectivity index is 2.33. The average molecular weight is 213 g/mol. The number of carbonyl (C=O) groups is 1. The van der Waals surface area contributed by atoms with Crippen LogP contribution in [0.2, 0.25) is 0 Å². The lowest BCUT2D eigenvalue weighted by atomic mass is 10.2. The summed E-state index contributed by atoms with van der Waals surface area (Å²) in [6.07, 6.45) is 0.758. The minimum absolute atomic E-state index is 0.0346. The van der Waals surface area contributed by atoms with Crippen molar-refractivity contribution in [2.45, 2.75) is 31.0 Å². The third-order valence-electron chi connectivity index (χ3n) is 2.46. The minimum atomic E-state index is -0.891. The molecule has 6 heteroatoms. The molecule has 2 rings (SSSR count). The van der Waals surface area contributed by atoms with Crippen LogP contribution in [0.25, 0.3) is 0 Å². The van der Waals surface area contributed by atoms with Crippen molar-refractivity contribution >= 4 is 18.7 Å². The van der Waals surface area contributed by atoms with Crippen molar-refractivity contribution in [3.8, 4) is 0 Å². The fourth-order valence-electron chi connectivity index (χ4n) is 1.64. The van der Waals surface area contributed by atoms with Gasteiger partial charge in [0.25, 0.3) is 0 Å². The fraction of sp³-hybridized carbons (Fsp3) is 0.500. The second-order valence-electron chi connectivity index (χ2n) is 3.42. The Bertz CT molecular complexity index is 377. The van der Waals surface area contributed by atoms with Crippen LogP contribution >= 0.6 is 12.6 Å². The largest absolute Gasteiger partial charge is 0.465 e. The van der Waals surface area contributed by atoms with E-state index in [9.17, 15) is 4.79 Å². The zero-order chi connectivity index (χ0) is 10.3. The van der Waals surface area contributed by atoms with Crippen molar-refractivity contribution in [1.29, 1.82) is 0 Å². The number of carboxylic acid groups (broad SMARTS) is 1. The highest BCUT2D eigenvalue weighted by molar-refractivity contribution is 7.80.